The standard InChI is InChI=1S/C20H24N2.C6H6/c1-14-8-10-22-11-9-20(2,15-6-4-3-5-7-15)18-13-16(21)12-17(14)19(18)22;1-2-4-6-5-3-1/h3-7,12-14H,8-11,21H2,1-2H3;1-6H/t14?,20-;/m0./s1. The molecule has 1 unspecified atom stereocenters. The van der Waals surface area contributed by atoms with Gasteiger partial charge in [0.2, 0.25) is 0 Å². The number of hydrogen-bond donors (Lipinski definition) is 1. The Kier molecular flexibility index (Phi) is 5.13. The van der Waals surface area contributed by atoms with E-state index in [0.717, 1.165) is 18.7 Å². The lowest BCUT2D eigenvalue weighted by Crippen LogP contribution is -2.43. The molecule has 0 amide bonds. The first-order valence-corrected chi connectivity index (χ1v) is 10.3. The van der Waals surface area contributed by atoms with Gasteiger partial charge in [0.05, 0.1) is 0 Å². The van der Waals surface area contributed by atoms with Crippen molar-refractivity contribution >= 4 is 11.4 Å². The smallest absolute Gasteiger partial charge is 0.0444 e. The van der Waals surface area contributed by atoms with Gasteiger partial charge in [-0.3, -0.25) is 0 Å². The first-order valence-electron chi connectivity index (χ1n) is 10.3. The van der Waals surface area contributed by atoms with E-state index in [1.807, 2.05) is 36.4 Å². The minimum Gasteiger partial charge on any atom is -0.399 e. The van der Waals surface area contributed by atoms with Crippen LogP contribution in [0.15, 0.2) is 78.9 Å². The summed E-state index contributed by atoms with van der Waals surface area (Å²) in [4.78, 5) is 2.58. The number of anilines is 2. The maximum atomic E-state index is 6.27. The zero-order valence-electron chi connectivity index (χ0n) is 16.9. The Morgan fingerprint density at radius 3 is 2.14 bits per heavy atom. The van der Waals surface area contributed by atoms with Gasteiger partial charge in [-0.25, -0.2) is 0 Å². The molecule has 2 aliphatic heterocycles. The van der Waals surface area contributed by atoms with Crippen LogP contribution in [0.1, 0.15) is 49.3 Å². The predicted molar refractivity (Wildman–Crippen MR) is 120 cm³/mol. The van der Waals surface area contributed by atoms with E-state index in [1.54, 1.807) is 0 Å². The van der Waals surface area contributed by atoms with Crippen molar-refractivity contribution in [2.75, 3.05) is 23.7 Å². The maximum absolute atomic E-state index is 6.27. The van der Waals surface area contributed by atoms with Gasteiger partial charge < -0.3 is 10.6 Å². The second-order valence-corrected chi connectivity index (χ2v) is 8.29. The molecule has 0 saturated carbocycles. The van der Waals surface area contributed by atoms with E-state index in [2.05, 4.69) is 61.2 Å². The molecular weight excluding hydrogens is 340 g/mol. The van der Waals surface area contributed by atoms with Gasteiger partial charge in [0.1, 0.15) is 0 Å². The van der Waals surface area contributed by atoms with Gasteiger partial charge in [-0.1, -0.05) is 80.6 Å². The Balaban J connectivity index is 0.000000275. The molecule has 3 aromatic rings. The zero-order valence-corrected chi connectivity index (χ0v) is 16.9. The third-order valence-electron chi connectivity index (χ3n) is 6.39. The highest BCUT2D eigenvalue weighted by Gasteiger charge is 2.40. The quantitative estimate of drug-likeness (QED) is 0.534. The van der Waals surface area contributed by atoms with Crippen molar-refractivity contribution in [2.45, 2.75) is 38.0 Å². The van der Waals surface area contributed by atoms with Gasteiger partial charge in [-0.15, -0.1) is 0 Å². The molecule has 0 aliphatic carbocycles. The Morgan fingerprint density at radius 2 is 1.50 bits per heavy atom. The highest BCUT2D eigenvalue weighted by molar-refractivity contribution is 5.72. The van der Waals surface area contributed by atoms with E-state index in [1.165, 1.54) is 35.3 Å². The fourth-order valence-corrected chi connectivity index (χ4v) is 4.65. The Hall–Kier alpha value is -2.74. The molecule has 2 atom stereocenters. The Labute approximate surface area is 169 Å². The van der Waals surface area contributed by atoms with Crippen LogP contribution in [0.3, 0.4) is 0 Å². The van der Waals surface area contributed by atoms with Crippen LogP contribution >= 0.6 is 0 Å². The van der Waals surface area contributed by atoms with Crippen LogP contribution in [-0.4, -0.2) is 13.1 Å². The van der Waals surface area contributed by atoms with Gasteiger partial charge in [0.25, 0.3) is 0 Å². The van der Waals surface area contributed by atoms with Crippen molar-refractivity contribution in [2.24, 2.45) is 0 Å². The van der Waals surface area contributed by atoms with Gasteiger partial charge in [0.15, 0.2) is 0 Å². The summed E-state index contributed by atoms with van der Waals surface area (Å²) < 4.78 is 0. The molecule has 2 heterocycles. The molecule has 28 heavy (non-hydrogen) atoms. The van der Waals surface area contributed by atoms with E-state index in [4.69, 9.17) is 5.73 Å². The van der Waals surface area contributed by atoms with E-state index in [-0.39, 0.29) is 5.41 Å². The van der Waals surface area contributed by atoms with Crippen molar-refractivity contribution in [1.82, 2.24) is 0 Å². The van der Waals surface area contributed by atoms with Crippen LogP contribution in [0.2, 0.25) is 0 Å². The molecule has 0 spiro atoms. The van der Waals surface area contributed by atoms with Crippen molar-refractivity contribution in [3.8, 4) is 0 Å². The van der Waals surface area contributed by atoms with Gasteiger partial charge in [-0.2, -0.15) is 0 Å². The normalized spacial score (nSPS) is 22.6. The molecule has 0 saturated heterocycles. The minimum atomic E-state index is 0.0638. The first-order chi connectivity index (χ1) is 13.6. The van der Waals surface area contributed by atoms with Crippen LogP contribution in [-0.2, 0) is 5.41 Å². The third kappa shape index (κ3) is 3.40. The summed E-state index contributed by atoms with van der Waals surface area (Å²) in [6.07, 6.45) is 2.39. The summed E-state index contributed by atoms with van der Waals surface area (Å²) in [6.45, 7) is 7.03. The Bertz CT molecular complexity index is 893. The maximum Gasteiger partial charge on any atom is 0.0444 e. The van der Waals surface area contributed by atoms with Crippen molar-refractivity contribution in [1.29, 1.82) is 0 Å². The Morgan fingerprint density at radius 1 is 0.893 bits per heavy atom. The molecule has 2 nitrogen and oxygen atoms in total. The fourth-order valence-electron chi connectivity index (χ4n) is 4.65. The molecule has 2 aliphatic rings. The summed E-state index contributed by atoms with van der Waals surface area (Å²) >= 11 is 0. The van der Waals surface area contributed by atoms with Crippen molar-refractivity contribution < 1.29 is 0 Å². The number of hydrogen-bond acceptors (Lipinski definition) is 2. The molecule has 2 heteroatoms. The highest BCUT2D eigenvalue weighted by atomic mass is 15.1. The van der Waals surface area contributed by atoms with E-state index in [9.17, 15) is 0 Å². The number of rotatable bonds is 1. The molecule has 0 bridgehead atoms. The summed E-state index contributed by atoms with van der Waals surface area (Å²) in [5, 5.41) is 0. The highest BCUT2D eigenvalue weighted by Crippen LogP contribution is 2.50. The van der Waals surface area contributed by atoms with Crippen LogP contribution in [0, 0.1) is 0 Å². The molecular formula is C26H30N2. The first kappa shape index (κ1) is 18.6. The number of nitrogens with two attached hydrogens (primary N) is 1. The lowest BCUT2D eigenvalue weighted by molar-refractivity contribution is 0.467. The number of nitrogen functional groups attached to an aromatic ring is 1. The number of nitrogens with zero attached hydrogens (tertiary/aromatic N) is 1. The van der Waals surface area contributed by atoms with E-state index in [0.29, 0.717) is 5.92 Å². The lowest BCUT2D eigenvalue weighted by atomic mass is 9.68. The van der Waals surface area contributed by atoms with Gasteiger partial charge >= 0.3 is 0 Å². The molecule has 0 radical (unpaired) electrons. The van der Waals surface area contributed by atoms with Gasteiger partial charge in [-0.05, 0) is 47.6 Å². The third-order valence-corrected chi connectivity index (χ3v) is 6.39. The summed E-state index contributed by atoms with van der Waals surface area (Å²) in [6, 6.07) is 27.3. The SMILES string of the molecule is CC1CCN2CC[C@@](C)(c3ccccc3)c3cc(N)cc1c32.c1ccccc1. The summed E-state index contributed by atoms with van der Waals surface area (Å²) in [7, 11) is 0. The second kappa shape index (κ2) is 7.71. The zero-order chi connectivity index (χ0) is 19.6. The van der Waals surface area contributed by atoms with Crippen LogP contribution in [0.25, 0.3) is 0 Å². The van der Waals surface area contributed by atoms with Gasteiger partial charge in [0, 0.05) is 29.9 Å². The van der Waals surface area contributed by atoms with Crippen molar-refractivity contribution in [3.63, 3.8) is 0 Å². The molecule has 2 N–H and O–H groups in total. The summed E-state index contributed by atoms with van der Waals surface area (Å²) in [5.41, 5.74) is 13.0. The van der Waals surface area contributed by atoms with E-state index >= 15 is 0 Å². The lowest BCUT2D eigenvalue weighted by Gasteiger charge is -2.47. The monoisotopic (exact) mass is 370 g/mol. The average molecular weight is 371 g/mol. The summed E-state index contributed by atoms with van der Waals surface area (Å²) in [5.74, 6) is 0.603. The minimum absolute atomic E-state index is 0.0638. The average Bonchev–Trinajstić information content (AvgIpc) is 2.75. The second-order valence-electron chi connectivity index (χ2n) is 8.29. The molecule has 144 valence electrons. The molecule has 0 fully saturated rings. The topological polar surface area (TPSA) is 29.3 Å². The largest absolute Gasteiger partial charge is 0.399 e. The number of benzene rings is 3. The molecule has 5 rings (SSSR count). The van der Waals surface area contributed by atoms with Crippen LogP contribution < -0.4 is 10.6 Å². The predicted octanol–water partition coefficient (Wildman–Crippen LogP) is 5.98. The van der Waals surface area contributed by atoms with Crippen LogP contribution in [0.5, 0.6) is 0 Å². The van der Waals surface area contributed by atoms with E-state index < -0.39 is 0 Å². The molecule has 0 aromatic heterocycles. The molecule has 3 aromatic carbocycles. The van der Waals surface area contributed by atoms with Crippen LogP contribution in [0.4, 0.5) is 11.4 Å². The fraction of sp³-hybridized carbons (Fsp3) is 0.308. The van der Waals surface area contributed by atoms with Crippen molar-refractivity contribution in [3.05, 3.63) is 95.6 Å².